The number of hydrogen-bond acceptors (Lipinski definition) is 5. The summed E-state index contributed by atoms with van der Waals surface area (Å²) in [5.74, 6) is -0.288. The maximum absolute atomic E-state index is 12.4. The fourth-order valence-corrected chi connectivity index (χ4v) is 3.90. The molecule has 2 aromatic carbocycles. The van der Waals surface area contributed by atoms with Crippen LogP contribution in [0.1, 0.15) is 15.9 Å². The largest absolute Gasteiger partial charge is 0.378 e. The van der Waals surface area contributed by atoms with Crippen molar-refractivity contribution in [3.05, 3.63) is 59.7 Å². The number of benzene rings is 2. The first-order valence-corrected chi connectivity index (χ1v) is 11.0. The van der Waals surface area contributed by atoms with E-state index >= 15 is 0 Å². The van der Waals surface area contributed by atoms with Gasteiger partial charge >= 0.3 is 0 Å². The average molecular weight is 432 g/mol. The third-order valence-electron chi connectivity index (χ3n) is 4.83. The summed E-state index contributed by atoms with van der Waals surface area (Å²) >= 11 is 0. The van der Waals surface area contributed by atoms with Crippen molar-refractivity contribution >= 4 is 27.5 Å². The highest BCUT2D eigenvalue weighted by atomic mass is 32.2. The summed E-state index contributed by atoms with van der Waals surface area (Å²) in [6.07, 6.45) is 0.302. The Morgan fingerprint density at radius 1 is 1.00 bits per heavy atom. The second kappa shape index (κ2) is 9.38. The van der Waals surface area contributed by atoms with Crippen molar-refractivity contribution in [3.8, 4) is 0 Å². The maximum Gasteiger partial charge on any atom is 0.255 e. The van der Waals surface area contributed by atoms with Gasteiger partial charge in [-0.3, -0.25) is 9.59 Å². The first-order chi connectivity index (χ1) is 14.3. The number of nitrogens with zero attached hydrogens (tertiary/aromatic N) is 2. The van der Waals surface area contributed by atoms with E-state index in [4.69, 9.17) is 4.74 Å². The second-order valence-electron chi connectivity index (χ2n) is 7.13. The zero-order valence-corrected chi connectivity index (χ0v) is 17.8. The number of carbonyl (C=O) groups is 2. The van der Waals surface area contributed by atoms with Crippen LogP contribution in [0, 0.1) is 0 Å². The maximum atomic E-state index is 12.4. The van der Waals surface area contributed by atoms with Gasteiger partial charge in [0, 0.05) is 38.4 Å². The normalized spacial score (nSPS) is 14.6. The number of rotatable bonds is 6. The topological polar surface area (TPSA) is 96.0 Å². The van der Waals surface area contributed by atoms with Crippen LogP contribution in [-0.4, -0.2) is 69.8 Å². The summed E-state index contributed by atoms with van der Waals surface area (Å²) in [6, 6.07) is 12.9. The van der Waals surface area contributed by atoms with Crippen LogP contribution in [0.15, 0.2) is 53.4 Å². The summed E-state index contributed by atoms with van der Waals surface area (Å²) < 4.78 is 30.6. The zero-order valence-electron chi connectivity index (χ0n) is 17.0. The molecule has 1 aliphatic heterocycles. The minimum absolute atomic E-state index is 0.0582. The average Bonchev–Trinajstić information content (AvgIpc) is 2.75. The molecule has 2 amide bonds. The molecule has 0 aromatic heterocycles. The highest BCUT2D eigenvalue weighted by Crippen LogP contribution is 2.16. The molecule has 0 aliphatic carbocycles. The van der Waals surface area contributed by atoms with Crippen molar-refractivity contribution in [2.75, 3.05) is 45.7 Å². The number of amides is 2. The Labute approximate surface area is 176 Å². The van der Waals surface area contributed by atoms with Gasteiger partial charge in [0.15, 0.2) is 0 Å². The van der Waals surface area contributed by atoms with E-state index in [9.17, 15) is 18.0 Å². The fraction of sp³-hybridized carbons (Fsp3) is 0.333. The third kappa shape index (κ3) is 5.24. The van der Waals surface area contributed by atoms with E-state index in [-0.39, 0.29) is 16.7 Å². The lowest BCUT2D eigenvalue weighted by molar-refractivity contribution is -0.134. The first kappa shape index (κ1) is 21.9. The quantitative estimate of drug-likeness (QED) is 0.749. The SMILES string of the molecule is CN(C)S(=O)(=O)c1ccc(C(=O)Nc2ccc(CC(=O)N3CCOCC3)cc2)cc1. The summed E-state index contributed by atoms with van der Waals surface area (Å²) in [7, 11) is -0.633. The van der Waals surface area contributed by atoms with E-state index in [0.29, 0.717) is 44.0 Å². The van der Waals surface area contributed by atoms with Crippen molar-refractivity contribution < 1.29 is 22.7 Å². The van der Waals surface area contributed by atoms with Crippen LogP contribution in [0.5, 0.6) is 0 Å². The third-order valence-corrected chi connectivity index (χ3v) is 6.66. The van der Waals surface area contributed by atoms with Crippen molar-refractivity contribution in [1.29, 1.82) is 0 Å². The predicted molar refractivity (Wildman–Crippen MR) is 113 cm³/mol. The van der Waals surface area contributed by atoms with Crippen molar-refractivity contribution in [1.82, 2.24) is 9.21 Å². The van der Waals surface area contributed by atoms with E-state index in [0.717, 1.165) is 9.87 Å². The molecule has 3 rings (SSSR count). The minimum Gasteiger partial charge on any atom is -0.378 e. The Hall–Kier alpha value is -2.75. The molecule has 160 valence electrons. The molecule has 1 heterocycles. The van der Waals surface area contributed by atoms with Gasteiger partial charge in [0.25, 0.3) is 5.91 Å². The van der Waals surface area contributed by atoms with Crippen molar-refractivity contribution in [3.63, 3.8) is 0 Å². The van der Waals surface area contributed by atoms with Gasteiger partial charge < -0.3 is 15.0 Å². The van der Waals surface area contributed by atoms with Gasteiger partial charge in [-0.15, -0.1) is 0 Å². The number of carbonyl (C=O) groups excluding carboxylic acids is 2. The molecule has 0 saturated carbocycles. The van der Waals surface area contributed by atoms with Crippen LogP contribution in [0.25, 0.3) is 0 Å². The van der Waals surface area contributed by atoms with Crippen LogP contribution < -0.4 is 5.32 Å². The van der Waals surface area contributed by atoms with Gasteiger partial charge in [-0.05, 0) is 42.0 Å². The molecule has 0 atom stereocenters. The van der Waals surface area contributed by atoms with Crippen LogP contribution in [0.2, 0.25) is 0 Å². The Morgan fingerprint density at radius 2 is 1.60 bits per heavy atom. The van der Waals surface area contributed by atoms with Gasteiger partial charge in [0.2, 0.25) is 15.9 Å². The van der Waals surface area contributed by atoms with Gasteiger partial charge in [-0.1, -0.05) is 12.1 Å². The molecular formula is C21H25N3O5S. The predicted octanol–water partition coefficient (Wildman–Crippen LogP) is 1.59. The van der Waals surface area contributed by atoms with Crippen LogP contribution in [0.3, 0.4) is 0 Å². The highest BCUT2D eigenvalue weighted by molar-refractivity contribution is 7.89. The summed E-state index contributed by atoms with van der Waals surface area (Å²) in [4.78, 5) is 26.7. The molecule has 0 unspecified atom stereocenters. The Kier molecular flexibility index (Phi) is 6.86. The summed E-state index contributed by atoms with van der Waals surface area (Å²) in [5, 5.41) is 2.77. The van der Waals surface area contributed by atoms with Gasteiger partial charge in [-0.2, -0.15) is 0 Å². The number of ether oxygens (including phenoxy) is 1. The summed E-state index contributed by atoms with van der Waals surface area (Å²) in [6.45, 7) is 2.36. The molecule has 1 N–H and O–H groups in total. The van der Waals surface area contributed by atoms with Crippen LogP contribution in [-0.2, 0) is 26.0 Å². The first-order valence-electron chi connectivity index (χ1n) is 9.56. The van der Waals surface area contributed by atoms with E-state index < -0.39 is 10.0 Å². The number of anilines is 1. The Bertz CT molecular complexity index is 996. The lowest BCUT2D eigenvalue weighted by atomic mass is 10.1. The molecule has 0 radical (unpaired) electrons. The molecule has 30 heavy (non-hydrogen) atoms. The molecule has 8 nitrogen and oxygen atoms in total. The molecule has 1 fully saturated rings. The van der Waals surface area contributed by atoms with E-state index in [1.807, 2.05) is 0 Å². The van der Waals surface area contributed by atoms with Crippen LogP contribution >= 0.6 is 0 Å². The van der Waals surface area contributed by atoms with E-state index in [1.165, 1.54) is 38.4 Å². The smallest absolute Gasteiger partial charge is 0.255 e. The monoisotopic (exact) mass is 431 g/mol. The molecule has 0 spiro atoms. The number of sulfonamides is 1. The standard InChI is InChI=1S/C21H25N3O5S/c1-23(2)30(27,28)19-9-5-17(6-10-19)21(26)22-18-7-3-16(4-8-18)15-20(25)24-11-13-29-14-12-24/h3-10H,11-15H2,1-2H3,(H,22,26). The molecule has 1 saturated heterocycles. The van der Waals surface area contributed by atoms with Gasteiger partial charge in [-0.25, -0.2) is 12.7 Å². The highest BCUT2D eigenvalue weighted by Gasteiger charge is 2.18. The molecule has 0 bridgehead atoms. The molecular weight excluding hydrogens is 406 g/mol. The fourth-order valence-electron chi connectivity index (χ4n) is 3.00. The van der Waals surface area contributed by atoms with Gasteiger partial charge in [0.1, 0.15) is 0 Å². The van der Waals surface area contributed by atoms with E-state index in [1.54, 1.807) is 29.2 Å². The van der Waals surface area contributed by atoms with E-state index in [2.05, 4.69) is 5.32 Å². The number of hydrogen-bond donors (Lipinski definition) is 1. The zero-order chi connectivity index (χ0) is 21.7. The Morgan fingerprint density at radius 3 is 2.17 bits per heavy atom. The van der Waals surface area contributed by atoms with Crippen molar-refractivity contribution in [2.45, 2.75) is 11.3 Å². The molecule has 1 aliphatic rings. The van der Waals surface area contributed by atoms with Crippen LogP contribution in [0.4, 0.5) is 5.69 Å². The lowest BCUT2D eigenvalue weighted by Crippen LogP contribution is -2.41. The Balaban J connectivity index is 1.59. The minimum atomic E-state index is -3.54. The lowest BCUT2D eigenvalue weighted by Gasteiger charge is -2.26. The van der Waals surface area contributed by atoms with Crippen molar-refractivity contribution in [2.24, 2.45) is 0 Å². The molecule has 9 heteroatoms. The summed E-state index contributed by atoms with van der Waals surface area (Å²) in [5.41, 5.74) is 1.80. The van der Waals surface area contributed by atoms with Gasteiger partial charge in [0.05, 0.1) is 24.5 Å². The second-order valence-corrected chi connectivity index (χ2v) is 9.28. The molecule has 2 aromatic rings. The number of morpholine rings is 1. The number of nitrogens with one attached hydrogen (secondary N) is 1.